The fourth-order valence-corrected chi connectivity index (χ4v) is 5.12. The number of benzene rings is 1. The van der Waals surface area contributed by atoms with E-state index in [0.29, 0.717) is 29.6 Å². The van der Waals surface area contributed by atoms with Gasteiger partial charge in [0.1, 0.15) is 5.75 Å². The quantitative estimate of drug-likeness (QED) is 0.407. The molecule has 3 aromatic rings. The third-order valence-electron chi connectivity index (χ3n) is 6.61. The van der Waals surface area contributed by atoms with E-state index in [1.54, 1.807) is 20.4 Å². The minimum atomic E-state index is -0.152. The first-order valence-corrected chi connectivity index (χ1v) is 12.4. The Kier molecular flexibility index (Phi) is 7.91. The summed E-state index contributed by atoms with van der Waals surface area (Å²) >= 11 is 5.88. The van der Waals surface area contributed by atoms with E-state index in [-0.39, 0.29) is 18.0 Å². The molecule has 1 aromatic carbocycles. The van der Waals surface area contributed by atoms with Gasteiger partial charge in [0, 0.05) is 49.4 Å². The molecule has 0 spiro atoms. The Morgan fingerprint density at radius 1 is 1.19 bits per heavy atom. The average Bonchev–Trinajstić information content (AvgIpc) is 3.38. The first-order valence-electron chi connectivity index (χ1n) is 12.0. The maximum atomic E-state index is 12.0. The number of rotatable bonds is 9. The third-order valence-corrected chi connectivity index (χ3v) is 6.92. The molecular formula is C27H33N5O3S. The number of nitrogens with zero attached hydrogens (tertiary/aromatic N) is 3. The zero-order chi connectivity index (χ0) is 25.8. The molecule has 190 valence electrons. The molecule has 0 radical (unpaired) electrons. The van der Waals surface area contributed by atoms with E-state index in [2.05, 4.69) is 45.0 Å². The van der Waals surface area contributed by atoms with Gasteiger partial charge in [-0.05, 0) is 62.0 Å². The number of aryl methyl sites for hydroxylation is 1. The Labute approximate surface area is 217 Å². The summed E-state index contributed by atoms with van der Waals surface area (Å²) in [7, 11) is 3.31. The van der Waals surface area contributed by atoms with Crippen molar-refractivity contribution >= 4 is 34.6 Å². The molecular weight excluding hydrogens is 474 g/mol. The molecule has 36 heavy (non-hydrogen) atoms. The first kappa shape index (κ1) is 25.7. The molecule has 0 bridgehead atoms. The monoisotopic (exact) mass is 507 g/mol. The molecule has 1 fully saturated rings. The number of pyridine rings is 1. The van der Waals surface area contributed by atoms with Crippen LogP contribution in [-0.4, -0.2) is 41.4 Å². The van der Waals surface area contributed by atoms with Crippen molar-refractivity contribution in [1.82, 2.24) is 14.9 Å². The van der Waals surface area contributed by atoms with Crippen LogP contribution in [0, 0.1) is 13.8 Å². The maximum Gasteiger partial charge on any atom is 0.224 e. The van der Waals surface area contributed by atoms with Gasteiger partial charge >= 0.3 is 0 Å². The first-order chi connectivity index (χ1) is 17.4. The standard InChI is InChI=1S/C27H33N5O3S/c1-6-24(33)29-21-11-10-19(16-23(21)35-5)32-26(20-15-17(2)31(18(20)3)13-14-34-4)25(30-27(32)36)22-9-7-8-12-28-22/h7-12,15-16,25-26H,6,13-14H2,1-5H3,(H,29,33)(H,30,36)/t25-,26+/m0/s1. The highest BCUT2D eigenvalue weighted by Crippen LogP contribution is 2.44. The number of hydrogen-bond acceptors (Lipinski definition) is 5. The summed E-state index contributed by atoms with van der Waals surface area (Å²) in [5.74, 6) is 0.499. The number of carbonyl (C=O) groups is 1. The lowest BCUT2D eigenvalue weighted by Gasteiger charge is -2.29. The molecule has 9 heteroatoms. The number of amides is 1. The Hall–Kier alpha value is -3.43. The van der Waals surface area contributed by atoms with Crippen molar-refractivity contribution in [2.75, 3.05) is 31.0 Å². The van der Waals surface area contributed by atoms with Crippen LogP contribution in [0.2, 0.25) is 0 Å². The minimum Gasteiger partial charge on any atom is -0.494 e. The lowest BCUT2D eigenvalue weighted by molar-refractivity contribution is -0.115. The van der Waals surface area contributed by atoms with Crippen molar-refractivity contribution in [1.29, 1.82) is 0 Å². The van der Waals surface area contributed by atoms with E-state index >= 15 is 0 Å². The summed E-state index contributed by atoms with van der Waals surface area (Å²) in [4.78, 5) is 18.8. The van der Waals surface area contributed by atoms with E-state index in [1.807, 2.05) is 43.3 Å². The van der Waals surface area contributed by atoms with Crippen LogP contribution < -0.4 is 20.3 Å². The minimum absolute atomic E-state index is 0.0731. The zero-order valence-electron chi connectivity index (χ0n) is 21.4. The van der Waals surface area contributed by atoms with Gasteiger partial charge in [-0.2, -0.15) is 0 Å². The van der Waals surface area contributed by atoms with Gasteiger partial charge in [-0.15, -0.1) is 0 Å². The number of aromatic nitrogens is 2. The van der Waals surface area contributed by atoms with Crippen LogP contribution in [0.4, 0.5) is 11.4 Å². The second-order valence-electron chi connectivity index (χ2n) is 8.75. The summed E-state index contributed by atoms with van der Waals surface area (Å²) < 4.78 is 13.3. The van der Waals surface area contributed by atoms with Crippen molar-refractivity contribution < 1.29 is 14.3 Å². The number of nitrogens with one attached hydrogen (secondary N) is 2. The molecule has 1 saturated heterocycles. The second-order valence-corrected chi connectivity index (χ2v) is 9.14. The predicted molar refractivity (Wildman–Crippen MR) is 146 cm³/mol. The summed E-state index contributed by atoms with van der Waals surface area (Å²) in [6.07, 6.45) is 2.19. The predicted octanol–water partition coefficient (Wildman–Crippen LogP) is 4.68. The molecule has 1 amide bonds. The number of thiocarbonyl (C=S) groups is 1. The molecule has 0 unspecified atom stereocenters. The van der Waals surface area contributed by atoms with Gasteiger partial charge < -0.3 is 29.6 Å². The van der Waals surface area contributed by atoms with Gasteiger partial charge in [-0.25, -0.2) is 0 Å². The van der Waals surface area contributed by atoms with Crippen molar-refractivity contribution in [3.8, 4) is 5.75 Å². The van der Waals surface area contributed by atoms with E-state index in [4.69, 9.17) is 21.7 Å². The number of carbonyl (C=O) groups excluding carboxylic acids is 1. The SMILES string of the molecule is CCC(=O)Nc1ccc(N2C(=S)N[C@@H](c3ccccn3)[C@H]2c2cc(C)n(CCOC)c2C)cc1OC. The Balaban J connectivity index is 1.82. The van der Waals surface area contributed by atoms with E-state index in [1.165, 1.54) is 0 Å². The number of hydrogen-bond donors (Lipinski definition) is 2. The molecule has 4 rings (SSSR count). The Morgan fingerprint density at radius 3 is 2.67 bits per heavy atom. The van der Waals surface area contributed by atoms with Gasteiger partial charge in [0.25, 0.3) is 0 Å². The fraction of sp³-hybridized carbons (Fsp3) is 0.370. The van der Waals surface area contributed by atoms with Crippen molar-refractivity contribution in [3.63, 3.8) is 0 Å². The van der Waals surface area contributed by atoms with Crippen LogP contribution in [0.15, 0.2) is 48.7 Å². The highest BCUT2D eigenvalue weighted by Gasteiger charge is 2.42. The lowest BCUT2D eigenvalue weighted by atomic mass is 9.96. The Bertz CT molecular complexity index is 1240. The topological polar surface area (TPSA) is 80.7 Å². The molecule has 0 aliphatic carbocycles. The van der Waals surface area contributed by atoms with Crippen LogP contribution in [0.5, 0.6) is 5.75 Å². The van der Waals surface area contributed by atoms with Crippen LogP contribution in [0.25, 0.3) is 0 Å². The molecule has 1 aliphatic rings. The highest BCUT2D eigenvalue weighted by molar-refractivity contribution is 7.80. The summed E-state index contributed by atoms with van der Waals surface area (Å²) in [5.41, 5.74) is 5.88. The molecule has 2 atom stereocenters. The summed E-state index contributed by atoms with van der Waals surface area (Å²) in [6.45, 7) is 7.47. The lowest BCUT2D eigenvalue weighted by Crippen LogP contribution is -2.29. The Morgan fingerprint density at radius 2 is 2.00 bits per heavy atom. The van der Waals surface area contributed by atoms with Crippen molar-refractivity contribution in [2.24, 2.45) is 0 Å². The highest BCUT2D eigenvalue weighted by atomic mass is 32.1. The van der Waals surface area contributed by atoms with Crippen LogP contribution in [-0.2, 0) is 16.1 Å². The molecule has 3 heterocycles. The summed E-state index contributed by atoms with van der Waals surface area (Å²) in [5, 5.41) is 7.01. The summed E-state index contributed by atoms with van der Waals surface area (Å²) in [6, 6.07) is 13.6. The molecule has 2 aromatic heterocycles. The van der Waals surface area contributed by atoms with Crippen molar-refractivity contribution in [3.05, 3.63) is 71.3 Å². The van der Waals surface area contributed by atoms with Crippen molar-refractivity contribution in [2.45, 2.75) is 45.8 Å². The molecule has 8 nitrogen and oxygen atoms in total. The van der Waals surface area contributed by atoms with Crippen LogP contribution >= 0.6 is 12.2 Å². The number of methoxy groups -OCH3 is 2. The van der Waals surface area contributed by atoms with E-state index in [9.17, 15) is 4.79 Å². The maximum absolute atomic E-state index is 12.0. The van der Waals surface area contributed by atoms with Gasteiger partial charge in [0.05, 0.1) is 37.2 Å². The van der Waals surface area contributed by atoms with Gasteiger partial charge in [-0.1, -0.05) is 13.0 Å². The zero-order valence-corrected chi connectivity index (χ0v) is 22.2. The number of anilines is 2. The van der Waals surface area contributed by atoms with Gasteiger partial charge in [0.2, 0.25) is 5.91 Å². The van der Waals surface area contributed by atoms with Crippen LogP contribution in [0.1, 0.15) is 48.1 Å². The second kappa shape index (κ2) is 11.1. The largest absolute Gasteiger partial charge is 0.494 e. The molecule has 2 N–H and O–H groups in total. The number of ether oxygens (including phenoxy) is 2. The third kappa shape index (κ3) is 4.94. The smallest absolute Gasteiger partial charge is 0.224 e. The van der Waals surface area contributed by atoms with Gasteiger partial charge in [-0.3, -0.25) is 9.78 Å². The fourth-order valence-electron chi connectivity index (χ4n) is 4.77. The van der Waals surface area contributed by atoms with Crippen LogP contribution in [0.3, 0.4) is 0 Å². The average molecular weight is 508 g/mol. The van der Waals surface area contributed by atoms with Gasteiger partial charge in [0.15, 0.2) is 5.11 Å². The van der Waals surface area contributed by atoms with E-state index in [0.717, 1.165) is 34.9 Å². The molecule has 0 saturated carbocycles. The van der Waals surface area contributed by atoms with E-state index < -0.39 is 0 Å². The normalized spacial score (nSPS) is 17.2. The molecule has 1 aliphatic heterocycles.